The molecule has 22 heavy (non-hydrogen) atoms. The summed E-state index contributed by atoms with van der Waals surface area (Å²) >= 11 is 0. The molecule has 3 heteroatoms. The number of carbonyl (C=O) groups excluding carboxylic acids is 1. The van der Waals surface area contributed by atoms with Crippen LogP contribution in [0.4, 0.5) is 5.69 Å². The first-order chi connectivity index (χ1) is 10.4. The zero-order valence-electron chi connectivity index (χ0n) is 13.7. The maximum absolute atomic E-state index is 12.5. The highest BCUT2D eigenvalue weighted by molar-refractivity contribution is 5.97. The monoisotopic (exact) mass is 296 g/mol. The largest absolute Gasteiger partial charge is 0.316 e. The van der Waals surface area contributed by atoms with Crippen molar-refractivity contribution in [3.8, 4) is 0 Å². The summed E-state index contributed by atoms with van der Waals surface area (Å²) in [5.74, 6) is 0.367. The number of nitrogens with two attached hydrogens (primary N) is 1. The van der Waals surface area contributed by atoms with Gasteiger partial charge in [0.2, 0.25) is 5.91 Å². The first kappa shape index (κ1) is 16.2. The lowest BCUT2D eigenvalue weighted by Crippen LogP contribution is -2.35. The number of hydrogen-bond donors (Lipinski definition) is 1. The predicted octanol–water partition coefficient (Wildman–Crippen LogP) is 3.78. The van der Waals surface area contributed by atoms with E-state index in [0.717, 1.165) is 16.8 Å². The first-order valence-electron chi connectivity index (χ1n) is 7.60. The third-order valence-electron chi connectivity index (χ3n) is 3.98. The second-order valence-electron chi connectivity index (χ2n) is 6.03. The van der Waals surface area contributed by atoms with Crippen LogP contribution in [0, 0.1) is 6.92 Å². The van der Waals surface area contributed by atoms with Gasteiger partial charge in [0.15, 0.2) is 0 Å². The van der Waals surface area contributed by atoms with E-state index in [-0.39, 0.29) is 5.91 Å². The SMILES string of the molecule is Cc1ccc(C(N)C(=O)N(C)c2ccc(C(C)C)cc2)cc1. The van der Waals surface area contributed by atoms with Gasteiger partial charge < -0.3 is 10.6 Å². The van der Waals surface area contributed by atoms with Crippen LogP contribution in [0.2, 0.25) is 0 Å². The molecule has 0 aliphatic heterocycles. The van der Waals surface area contributed by atoms with Gasteiger partial charge in [-0.15, -0.1) is 0 Å². The van der Waals surface area contributed by atoms with Crippen molar-refractivity contribution in [1.29, 1.82) is 0 Å². The van der Waals surface area contributed by atoms with Crippen molar-refractivity contribution in [3.05, 3.63) is 65.2 Å². The summed E-state index contributed by atoms with van der Waals surface area (Å²) in [6, 6.07) is 15.2. The van der Waals surface area contributed by atoms with Crippen molar-refractivity contribution in [2.24, 2.45) is 5.73 Å². The molecule has 0 saturated carbocycles. The maximum Gasteiger partial charge on any atom is 0.248 e. The molecule has 2 aromatic carbocycles. The van der Waals surface area contributed by atoms with Gasteiger partial charge in [0, 0.05) is 12.7 Å². The summed E-state index contributed by atoms with van der Waals surface area (Å²) < 4.78 is 0. The summed E-state index contributed by atoms with van der Waals surface area (Å²) in [6.45, 7) is 6.31. The number of carbonyl (C=O) groups is 1. The summed E-state index contributed by atoms with van der Waals surface area (Å²) in [7, 11) is 1.76. The van der Waals surface area contributed by atoms with Crippen LogP contribution in [0.25, 0.3) is 0 Å². The molecule has 3 nitrogen and oxygen atoms in total. The smallest absolute Gasteiger partial charge is 0.248 e. The van der Waals surface area contributed by atoms with E-state index in [1.807, 2.05) is 43.3 Å². The standard InChI is InChI=1S/C19H24N2O/c1-13(2)15-9-11-17(12-10-15)21(4)19(22)18(20)16-7-5-14(3)6-8-16/h5-13,18H,20H2,1-4H3. The van der Waals surface area contributed by atoms with Gasteiger partial charge in [-0.1, -0.05) is 55.8 Å². The van der Waals surface area contributed by atoms with Crippen LogP contribution in [0.15, 0.2) is 48.5 Å². The molecule has 1 atom stereocenters. The van der Waals surface area contributed by atoms with E-state index < -0.39 is 6.04 Å². The highest BCUT2D eigenvalue weighted by atomic mass is 16.2. The lowest BCUT2D eigenvalue weighted by molar-refractivity contribution is -0.119. The van der Waals surface area contributed by atoms with Crippen molar-refractivity contribution in [1.82, 2.24) is 0 Å². The molecule has 2 N–H and O–H groups in total. The minimum atomic E-state index is -0.643. The summed E-state index contributed by atoms with van der Waals surface area (Å²) in [5.41, 5.74) is 10.2. The molecule has 0 bridgehead atoms. The number of likely N-dealkylation sites (N-methyl/N-ethyl adjacent to an activating group) is 1. The van der Waals surface area contributed by atoms with Gasteiger partial charge in [-0.05, 0) is 36.1 Å². The van der Waals surface area contributed by atoms with Crippen LogP contribution in [-0.2, 0) is 4.79 Å². The summed E-state index contributed by atoms with van der Waals surface area (Å²) in [5, 5.41) is 0. The third kappa shape index (κ3) is 3.55. The van der Waals surface area contributed by atoms with Gasteiger partial charge in [0.05, 0.1) is 0 Å². The Hall–Kier alpha value is -2.13. The number of nitrogens with zero attached hydrogens (tertiary/aromatic N) is 1. The summed E-state index contributed by atoms with van der Waals surface area (Å²) in [4.78, 5) is 14.2. The molecule has 0 fully saturated rings. The van der Waals surface area contributed by atoms with Crippen molar-refractivity contribution in [2.45, 2.75) is 32.7 Å². The number of amides is 1. The van der Waals surface area contributed by atoms with E-state index in [1.165, 1.54) is 5.56 Å². The number of benzene rings is 2. The van der Waals surface area contributed by atoms with Crippen LogP contribution < -0.4 is 10.6 Å². The second kappa shape index (κ2) is 6.75. The zero-order valence-corrected chi connectivity index (χ0v) is 13.7. The van der Waals surface area contributed by atoms with Crippen molar-refractivity contribution >= 4 is 11.6 Å². The van der Waals surface area contributed by atoms with E-state index in [9.17, 15) is 4.79 Å². The Labute approximate surface area is 132 Å². The number of anilines is 1. The Morgan fingerprint density at radius 1 is 0.955 bits per heavy atom. The average molecular weight is 296 g/mol. The Morgan fingerprint density at radius 3 is 1.95 bits per heavy atom. The van der Waals surface area contributed by atoms with Crippen LogP contribution in [-0.4, -0.2) is 13.0 Å². The third-order valence-corrected chi connectivity index (χ3v) is 3.98. The molecule has 1 amide bonds. The van der Waals surface area contributed by atoms with Gasteiger partial charge in [-0.25, -0.2) is 0 Å². The molecule has 0 aliphatic rings. The normalized spacial score (nSPS) is 12.3. The molecule has 0 aliphatic carbocycles. The number of hydrogen-bond acceptors (Lipinski definition) is 2. The molecule has 0 heterocycles. The van der Waals surface area contributed by atoms with Crippen molar-refractivity contribution in [3.63, 3.8) is 0 Å². The molecule has 2 rings (SSSR count). The molecule has 0 spiro atoms. The Kier molecular flexibility index (Phi) is 4.99. The zero-order chi connectivity index (χ0) is 16.3. The van der Waals surface area contributed by atoms with E-state index in [2.05, 4.69) is 26.0 Å². The van der Waals surface area contributed by atoms with Gasteiger partial charge >= 0.3 is 0 Å². The van der Waals surface area contributed by atoms with Crippen LogP contribution in [0.1, 0.15) is 42.5 Å². The molecule has 0 saturated heterocycles. The first-order valence-corrected chi connectivity index (χ1v) is 7.60. The fraction of sp³-hybridized carbons (Fsp3) is 0.316. The highest BCUT2D eigenvalue weighted by Gasteiger charge is 2.20. The fourth-order valence-electron chi connectivity index (χ4n) is 2.34. The van der Waals surface area contributed by atoms with Gasteiger partial charge in [-0.2, -0.15) is 0 Å². The lowest BCUT2D eigenvalue weighted by atomic mass is 10.0. The van der Waals surface area contributed by atoms with Gasteiger partial charge in [0.1, 0.15) is 6.04 Å². The van der Waals surface area contributed by atoms with Crippen LogP contribution in [0.5, 0.6) is 0 Å². The maximum atomic E-state index is 12.5. The van der Waals surface area contributed by atoms with Crippen molar-refractivity contribution < 1.29 is 4.79 Å². The number of aryl methyl sites for hydroxylation is 1. The van der Waals surface area contributed by atoms with E-state index >= 15 is 0 Å². The Balaban J connectivity index is 2.15. The quantitative estimate of drug-likeness (QED) is 0.933. The van der Waals surface area contributed by atoms with E-state index in [4.69, 9.17) is 5.73 Å². The van der Waals surface area contributed by atoms with E-state index in [0.29, 0.717) is 5.92 Å². The topological polar surface area (TPSA) is 46.3 Å². The fourth-order valence-corrected chi connectivity index (χ4v) is 2.34. The van der Waals surface area contributed by atoms with Gasteiger partial charge in [-0.3, -0.25) is 4.79 Å². The molecule has 1 unspecified atom stereocenters. The molecule has 0 aromatic heterocycles. The van der Waals surface area contributed by atoms with Gasteiger partial charge in [0.25, 0.3) is 0 Å². The summed E-state index contributed by atoms with van der Waals surface area (Å²) in [6.07, 6.45) is 0. The van der Waals surface area contributed by atoms with Crippen molar-refractivity contribution in [2.75, 3.05) is 11.9 Å². The Bertz CT molecular complexity index is 629. The predicted molar refractivity (Wildman–Crippen MR) is 92.0 cm³/mol. The minimum absolute atomic E-state index is 0.110. The number of rotatable bonds is 4. The Morgan fingerprint density at radius 2 is 1.45 bits per heavy atom. The van der Waals surface area contributed by atoms with Crippen LogP contribution >= 0.6 is 0 Å². The van der Waals surface area contributed by atoms with Crippen LogP contribution in [0.3, 0.4) is 0 Å². The molecular formula is C19H24N2O. The molecule has 0 radical (unpaired) electrons. The molecule has 2 aromatic rings. The minimum Gasteiger partial charge on any atom is -0.316 e. The highest BCUT2D eigenvalue weighted by Crippen LogP contribution is 2.22. The molecular weight excluding hydrogens is 272 g/mol. The average Bonchev–Trinajstić information content (AvgIpc) is 2.53. The second-order valence-corrected chi connectivity index (χ2v) is 6.03. The van der Waals surface area contributed by atoms with E-state index in [1.54, 1.807) is 11.9 Å². The molecule has 116 valence electrons. The lowest BCUT2D eigenvalue weighted by Gasteiger charge is -2.22.